The first-order valence-corrected chi connectivity index (χ1v) is 56.6. The van der Waals surface area contributed by atoms with Crippen molar-refractivity contribution in [3.8, 4) is 11.5 Å². The molecule has 0 amide bonds. The largest absolute Gasteiger partial charge is 2.00 e. The molecule has 2 heterocycles. The summed E-state index contributed by atoms with van der Waals surface area (Å²) in [5.74, 6) is 1.88. The molecule has 15 rings (SSSR count). The van der Waals surface area contributed by atoms with E-state index in [1.165, 1.54) is 37.6 Å². The Balaban J connectivity index is 0.000000215. The van der Waals surface area contributed by atoms with Crippen LogP contribution in [-0.4, -0.2) is 117 Å². The normalized spacial score (nSPS) is 14.3. The number of ether oxygens (including phenoxy) is 2. The molecule has 0 fully saturated rings. The molecule has 0 bridgehead atoms. The third-order valence-corrected chi connectivity index (χ3v) is 31.9. The van der Waals surface area contributed by atoms with E-state index in [2.05, 4.69) is 388 Å². The molecule has 123 heavy (non-hydrogen) atoms. The minimum Gasteiger partial charge on any atom is -0.872 e. The van der Waals surface area contributed by atoms with Gasteiger partial charge >= 0.3 is 57.9 Å². The van der Waals surface area contributed by atoms with Gasteiger partial charge in [-0.1, -0.05) is 498 Å². The fourth-order valence-electron chi connectivity index (χ4n) is 17.1. The third kappa shape index (κ3) is 28.3. The molecular formula is C107H126Mg2N6O4Si4+4. The van der Waals surface area contributed by atoms with E-state index in [4.69, 9.17) is 18.8 Å². The van der Waals surface area contributed by atoms with Crippen LogP contribution in [0.15, 0.2) is 358 Å². The number of hydrogen-bond acceptors (Lipinski definition) is 4. The van der Waals surface area contributed by atoms with Gasteiger partial charge in [0.25, 0.3) is 0 Å². The summed E-state index contributed by atoms with van der Waals surface area (Å²) in [4.78, 5) is 9.73. The van der Waals surface area contributed by atoms with Gasteiger partial charge in [0.05, 0.1) is 10.8 Å². The number of aryl methyl sites for hydroxylation is 3. The number of nitrogens with one attached hydrogen (secondary N) is 4. The summed E-state index contributed by atoms with van der Waals surface area (Å²) in [5.41, 5.74) is 16.3. The fraction of sp³-hybridized carbons (Fsp3) is 0.252. The molecule has 0 aliphatic carbocycles. The second-order valence-corrected chi connectivity index (χ2v) is 55.2. The van der Waals surface area contributed by atoms with Crippen molar-refractivity contribution in [3.63, 3.8) is 0 Å². The van der Waals surface area contributed by atoms with E-state index < -0.39 is 43.8 Å². The smallest absolute Gasteiger partial charge is 0.872 e. The molecule has 4 N–H and O–H groups in total. The van der Waals surface area contributed by atoms with Gasteiger partial charge in [0.1, 0.15) is 26.2 Å². The average Bonchev–Trinajstić information content (AvgIpc) is 1.23. The van der Waals surface area contributed by atoms with E-state index in [1.807, 2.05) is 78.9 Å². The van der Waals surface area contributed by atoms with Crippen molar-refractivity contribution in [2.75, 3.05) is 26.3 Å². The van der Waals surface area contributed by atoms with Crippen molar-refractivity contribution in [1.82, 2.24) is 0 Å². The van der Waals surface area contributed by atoms with E-state index in [-0.39, 0.29) is 69.7 Å². The van der Waals surface area contributed by atoms with E-state index in [9.17, 15) is 0 Å². The van der Waals surface area contributed by atoms with Crippen LogP contribution in [0.5, 0.6) is 11.5 Å². The van der Waals surface area contributed by atoms with E-state index in [0.29, 0.717) is 39.4 Å². The summed E-state index contributed by atoms with van der Waals surface area (Å²) in [6, 6.07) is 124. The first-order valence-electron chi connectivity index (χ1n) is 42.8. The van der Waals surface area contributed by atoms with Gasteiger partial charge in [-0.25, -0.2) is 0 Å². The number of quaternary nitrogens is 2. The van der Waals surface area contributed by atoms with Gasteiger partial charge in [0.15, 0.2) is 13.2 Å². The van der Waals surface area contributed by atoms with Crippen molar-refractivity contribution >= 4 is 90.8 Å². The maximum Gasteiger partial charge on any atom is 2.00 e. The molecule has 13 aromatic rings. The molecule has 10 nitrogen and oxygen atoms in total. The zero-order valence-electron chi connectivity index (χ0n) is 75.3. The van der Waals surface area contributed by atoms with Gasteiger partial charge in [0, 0.05) is 22.3 Å². The Hall–Kier alpha value is -9.36. The summed E-state index contributed by atoms with van der Waals surface area (Å²) in [5, 5.41) is 30.2. The maximum atomic E-state index is 15.1. The molecule has 0 aromatic heterocycles. The van der Waals surface area contributed by atoms with Crippen LogP contribution >= 0.6 is 0 Å². The molecule has 624 valence electrons. The zero-order valence-corrected chi connectivity index (χ0v) is 82.1. The first kappa shape index (κ1) is 97.4. The van der Waals surface area contributed by atoms with Gasteiger partial charge in [-0.05, 0) is 76.4 Å². The quantitative estimate of drug-likeness (QED) is 0.0318. The molecule has 2 unspecified atom stereocenters. The maximum absolute atomic E-state index is 15.1. The monoisotopic (exact) mass is 1720 g/mol. The number of benzene rings is 13. The number of rotatable bonds is 26. The van der Waals surface area contributed by atoms with Crippen LogP contribution in [0.25, 0.3) is 9.30 Å². The van der Waals surface area contributed by atoms with E-state index >= 15 is 10.2 Å². The van der Waals surface area contributed by atoms with E-state index in [0.717, 1.165) is 91.6 Å². The van der Waals surface area contributed by atoms with Gasteiger partial charge < -0.3 is 38.8 Å². The molecule has 4 atom stereocenters. The Labute approximate surface area is 771 Å². The van der Waals surface area contributed by atoms with Crippen molar-refractivity contribution in [3.05, 3.63) is 462 Å². The van der Waals surface area contributed by atoms with Crippen LogP contribution in [0.3, 0.4) is 0 Å². The number of hydrogen-bond donors (Lipinski definition) is 4. The van der Waals surface area contributed by atoms with Crippen molar-refractivity contribution in [2.45, 2.75) is 148 Å². The van der Waals surface area contributed by atoms with Crippen molar-refractivity contribution < 1.29 is 39.5 Å². The molecule has 13 aromatic carbocycles. The van der Waals surface area contributed by atoms with Gasteiger partial charge in [-0.3, -0.25) is 0 Å². The Morgan fingerprint density at radius 3 is 0.748 bits per heavy atom. The molecule has 0 saturated heterocycles. The predicted molar refractivity (Wildman–Crippen MR) is 522 cm³/mol. The first-order chi connectivity index (χ1) is 58.0. The molecule has 16 heteroatoms. The Kier molecular flexibility index (Phi) is 36.5. The minimum atomic E-state index is -1.11. The second kappa shape index (κ2) is 46.0. The van der Waals surface area contributed by atoms with Crippen LogP contribution in [0.1, 0.15) is 107 Å². The SMILES string of the molecule is C[Si](C)(C)[N-][Si](C)(C)C.C[Si](C)(C)[N-][Si](C)(C)C.Cc1cc(C[NH+](CC2=[NH+][C@@H](c3ccccc3)CO2)Cc2ccccc2)c([O-])c(C(c2ccccc2)(c2ccccc2)c2ccccc2)c1.Cc1cc(C[NH+](CC2=[NH+][C@@H](c3ccccc3)CO2)Cc2ccccc2)c([O-])c(C(c2ccccc2)(c2ccccc2)c2ccccc2)c1.Cc1ccccc1.[Mg+2].[Mg+2]. The summed E-state index contributed by atoms with van der Waals surface area (Å²) < 4.78 is 22.1. The van der Waals surface area contributed by atoms with Crippen LogP contribution in [0.2, 0.25) is 78.6 Å². The standard InChI is InChI=1S/2C44H40N2O2.C7H8.2C6H18NSi2.2Mg/c2*1-33-27-36(30-46(29-34-17-7-2-8-18-34)31-42-45-41(32-48-42)35-19-9-3-10-20-35)43(47)40(28-33)44(37-21-11-4-12-22-37,38-23-13-5-14-24-38)39-25-15-6-16-26-39;1-7-5-3-2-4-6-7;2*1-8(2,3)7-9(4,5)6;;/h2*2-28,41,47H,29-32H2,1H3;2-6H,1H3;2*1-6H3;;/q;;;2*-1;2*+2/p+2/t2*41-;;;;;/m11...../s1. The third-order valence-electron chi connectivity index (χ3n) is 21.2. The molecule has 2 aliphatic heterocycles. The van der Waals surface area contributed by atoms with E-state index in [1.54, 1.807) is 0 Å². The van der Waals surface area contributed by atoms with Gasteiger partial charge in [-0.2, -0.15) is 9.98 Å². The average molecular weight is 1720 g/mol. The molecule has 0 spiro atoms. The second-order valence-electron chi connectivity index (χ2n) is 36.1. The molecular weight excluding hydrogens is 1590 g/mol. The number of nitrogens with zero attached hydrogens (tertiary/aromatic N) is 2. The minimum absolute atomic E-state index is 0. The van der Waals surface area contributed by atoms with Gasteiger partial charge in [0.2, 0.25) is 25.2 Å². The van der Waals surface area contributed by atoms with Crippen molar-refractivity contribution in [2.24, 2.45) is 0 Å². The topological polar surface area (TPSA) is 130 Å². The van der Waals surface area contributed by atoms with Crippen LogP contribution in [0, 0.1) is 20.8 Å². The molecule has 2 aliphatic rings. The summed E-state index contributed by atoms with van der Waals surface area (Å²) in [6.07, 6.45) is 0. The summed E-state index contributed by atoms with van der Waals surface area (Å²) in [6.45, 7) is 39.0. The zero-order chi connectivity index (χ0) is 86.1. The fourth-order valence-corrected chi connectivity index (χ4v) is 33.2. The Morgan fingerprint density at radius 2 is 0.528 bits per heavy atom. The van der Waals surface area contributed by atoms with Crippen molar-refractivity contribution in [1.29, 1.82) is 0 Å². The summed E-state index contributed by atoms with van der Waals surface area (Å²) >= 11 is 0. The Bertz CT molecular complexity index is 4830. The van der Waals surface area contributed by atoms with Crippen LogP contribution in [-0.2, 0) is 46.5 Å². The van der Waals surface area contributed by atoms with Crippen LogP contribution < -0.4 is 30.0 Å². The molecule has 0 radical (unpaired) electrons. The predicted octanol–water partition coefficient (Wildman–Crippen LogP) is 17.9. The van der Waals surface area contributed by atoms with Gasteiger partial charge in [-0.15, -0.1) is 0 Å². The molecule has 0 saturated carbocycles. The van der Waals surface area contributed by atoms with Crippen LogP contribution in [0.4, 0.5) is 0 Å². The summed E-state index contributed by atoms with van der Waals surface area (Å²) in [7, 11) is -4.42. The Morgan fingerprint density at radius 1 is 0.301 bits per heavy atom.